The van der Waals surface area contributed by atoms with E-state index in [1.165, 1.54) is 0 Å². The van der Waals surface area contributed by atoms with Crippen LogP contribution in [0.15, 0.2) is 0 Å². The highest BCUT2D eigenvalue weighted by Crippen LogP contribution is 2.08. The molecule has 5 heteroatoms. The van der Waals surface area contributed by atoms with E-state index in [1.54, 1.807) is 0 Å². The van der Waals surface area contributed by atoms with Gasteiger partial charge in [0, 0.05) is 26.2 Å². The Morgan fingerprint density at radius 2 is 2.06 bits per heavy atom. The maximum absolute atomic E-state index is 11.8. The lowest BCUT2D eigenvalue weighted by molar-refractivity contribution is -0.125. The first kappa shape index (κ1) is 15.4. The van der Waals surface area contributed by atoms with Gasteiger partial charge in [0.05, 0.1) is 19.1 Å². The van der Waals surface area contributed by atoms with Crippen molar-refractivity contribution in [3.05, 3.63) is 0 Å². The van der Waals surface area contributed by atoms with Crippen LogP contribution in [0.1, 0.15) is 20.3 Å². The summed E-state index contributed by atoms with van der Waals surface area (Å²) in [6.07, 6.45) is 0.987. The third-order valence-corrected chi connectivity index (χ3v) is 3.45. The maximum Gasteiger partial charge on any atom is 0.224 e. The van der Waals surface area contributed by atoms with E-state index in [4.69, 9.17) is 10.5 Å². The number of nitrogens with two attached hydrogens (primary N) is 1. The molecule has 1 atom stereocenters. The summed E-state index contributed by atoms with van der Waals surface area (Å²) >= 11 is 0. The molecule has 0 aromatic rings. The highest BCUT2D eigenvalue weighted by atomic mass is 16.5. The topological polar surface area (TPSA) is 67.6 Å². The SMILES string of the molecule is CC(C)C(CN)C(=O)NCCCN1CCOCC1. The predicted octanol–water partition coefficient (Wildman–Crippen LogP) is 0.0558. The van der Waals surface area contributed by atoms with Crippen molar-refractivity contribution in [2.45, 2.75) is 20.3 Å². The van der Waals surface area contributed by atoms with Crippen LogP contribution in [0.4, 0.5) is 0 Å². The van der Waals surface area contributed by atoms with Crippen LogP contribution in [-0.2, 0) is 9.53 Å². The van der Waals surface area contributed by atoms with Gasteiger partial charge in [0.15, 0.2) is 0 Å². The predicted molar refractivity (Wildman–Crippen MR) is 72.3 cm³/mol. The number of carbonyl (C=O) groups excluding carboxylic acids is 1. The molecule has 0 aliphatic carbocycles. The van der Waals surface area contributed by atoms with Crippen molar-refractivity contribution in [2.24, 2.45) is 17.6 Å². The Balaban J connectivity index is 2.11. The van der Waals surface area contributed by atoms with Crippen LogP contribution >= 0.6 is 0 Å². The average Bonchev–Trinajstić information content (AvgIpc) is 2.36. The van der Waals surface area contributed by atoms with Gasteiger partial charge in [0.1, 0.15) is 0 Å². The minimum atomic E-state index is -0.0617. The second-order valence-electron chi connectivity index (χ2n) is 5.18. The molecular weight excluding hydrogens is 230 g/mol. The highest BCUT2D eigenvalue weighted by molar-refractivity contribution is 5.79. The fourth-order valence-corrected chi connectivity index (χ4v) is 2.15. The van der Waals surface area contributed by atoms with E-state index in [0.717, 1.165) is 45.8 Å². The van der Waals surface area contributed by atoms with E-state index >= 15 is 0 Å². The first-order valence-electron chi connectivity index (χ1n) is 6.93. The highest BCUT2D eigenvalue weighted by Gasteiger charge is 2.19. The van der Waals surface area contributed by atoms with E-state index in [2.05, 4.69) is 10.2 Å². The van der Waals surface area contributed by atoms with Crippen LogP contribution < -0.4 is 11.1 Å². The zero-order chi connectivity index (χ0) is 13.4. The second kappa shape index (κ2) is 8.45. The molecule has 0 saturated carbocycles. The van der Waals surface area contributed by atoms with Crippen LogP contribution in [0.2, 0.25) is 0 Å². The van der Waals surface area contributed by atoms with E-state index in [-0.39, 0.29) is 11.8 Å². The summed E-state index contributed by atoms with van der Waals surface area (Å²) in [4.78, 5) is 14.2. The lowest BCUT2D eigenvalue weighted by atomic mass is 9.95. The standard InChI is InChI=1S/C13H27N3O2/c1-11(2)12(10-14)13(17)15-4-3-5-16-6-8-18-9-7-16/h11-12H,3-10,14H2,1-2H3,(H,15,17). The van der Waals surface area contributed by atoms with Gasteiger partial charge in [-0.15, -0.1) is 0 Å². The third-order valence-electron chi connectivity index (χ3n) is 3.45. The summed E-state index contributed by atoms with van der Waals surface area (Å²) in [6.45, 7) is 9.92. The summed E-state index contributed by atoms with van der Waals surface area (Å²) in [5, 5.41) is 2.98. The van der Waals surface area contributed by atoms with Crippen molar-refractivity contribution >= 4 is 5.91 Å². The van der Waals surface area contributed by atoms with Crippen molar-refractivity contribution in [3.8, 4) is 0 Å². The lowest BCUT2D eigenvalue weighted by Crippen LogP contribution is -2.40. The Morgan fingerprint density at radius 1 is 1.39 bits per heavy atom. The summed E-state index contributed by atoms with van der Waals surface area (Å²) in [5.41, 5.74) is 5.61. The quantitative estimate of drug-likeness (QED) is 0.633. The van der Waals surface area contributed by atoms with E-state index in [0.29, 0.717) is 12.5 Å². The van der Waals surface area contributed by atoms with Crippen LogP contribution in [0.5, 0.6) is 0 Å². The molecule has 1 rings (SSSR count). The van der Waals surface area contributed by atoms with Crippen LogP contribution in [0.3, 0.4) is 0 Å². The number of carbonyl (C=O) groups is 1. The van der Waals surface area contributed by atoms with Gasteiger partial charge < -0.3 is 15.8 Å². The normalized spacial score (nSPS) is 18.9. The monoisotopic (exact) mass is 257 g/mol. The lowest BCUT2D eigenvalue weighted by Gasteiger charge is -2.26. The van der Waals surface area contributed by atoms with Crippen molar-refractivity contribution < 1.29 is 9.53 Å². The van der Waals surface area contributed by atoms with Gasteiger partial charge in [-0.05, 0) is 18.9 Å². The van der Waals surface area contributed by atoms with Gasteiger partial charge in [0.25, 0.3) is 0 Å². The summed E-state index contributed by atoms with van der Waals surface area (Å²) in [6, 6.07) is 0. The molecule has 0 radical (unpaired) electrons. The molecule has 3 N–H and O–H groups in total. The van der Waals surface area contributed by atoms with Gasteiger partial charge in [-0.25, -0.2) is 0 Å². The van der Waals surface area contributed by atoms with E-state index < -0.39 is 0 Å². The van der Waals surface area contributed by atoms with Crippen molar-refractivity contribution in [1.82, 2.24) is 10.2 Å². The molecule has 106 valence electrons. The Kier molecular flexibility index (Phi) is 7.23. The molecule has 5 nitrogen and oxygen atoms in total. The Hall–Kier alpha value is -0.650. The Morgan fingerprint density at radius 3 is 2.61 bits per heavy atom. The molecule has 1 aliphatic rings. The van der Waals surface area contributed by atoms with Crippen molar-refractivity contribution in [3.63, 3.8) is 0 Å². The zero-order valence-corrected chi connectivity index (χ0v) is 11.7. The average molecular weight is 257 g/mol. The number of hydrogen-bond donors (Lipinski definition) is 2. The molecule has 0 aromatic carbocycles. The van der Waals surface area contributed by atoms with Gasteiger partial charge in [-0.2, -0.15) is 0 Å². The number of morpholine rings is 1. The molecule has 0 spiro atoms. The van der Waals surface area contributed by atoms with Crippen molar-refractivity contribution in [2.75, 3.05) is 45.9 Å². The molecule has 0 aromatic heterocycles. The Bertz CT molecular complexity index is 240. The fourth-order valence-electron chi connectivity index (χ4n) is 2.15. The molecule has 1 fully saturated rings. The summed E-state index contributed by atoms with van der Waals surface area (Å²) in [7, 11) is 0. The van der Waals surface area contributed by atoms with Crippen LogP contribution in [-0.4, -0.2) is 56.7 Å². The van der Waals surface area contributed by atoms with E-state index in [1.807, 2.05) is 13.8 Å². The largest absolute Gasteiger partial charge is 0.379 e. The molecule has 1 aliphatic heterocycles. The first-order valence-corrected chi connectivity index (χ1v) is 6.93. The van der Waals surface area contributed by atoms with Gasteiger partial charge >= 0.3 is 0 Å². The zero-order valence-electron chi connectivity index (χ0n) is 11.7. The molecule has 1 saturated heterocycles. The molecular formula is C13H27N3O2. The number of ether oxygens (including phenoxy) is 1. The number of nitrogens with one attached hydrogen (secondary N) is 1. The number of nitrogens with zero attached hydrogens (tertiary/aromatic N) is 1. The summed E-state index contributed by atoms with van der Waals surface area (Å²) in [5.74, 6) is 0.331. The number of amides is 1. The summed E-state index contributed by atoms with van der Waals surface area (Å²) < 4.78 is 5.29. The fraction of sp³-hybridized carbons (Fsp3) is 0.923. The maximum atomic E-state index is 11.8. The van der Waals surface area contributed by atoms with Crippen LogP contribution in [0, 0.1) is 11.8 Å². The third kappa shape index (κ3) is 5.33. The first-order chi connectivity index (χ1) is 8.65. The van der Waals surface area contributed by atoms with Gasteiger partial charge in [-0.1, -0.05) is 13.8 Å². The van der Waals surface area contributed by atoms with Crippen molar-refractivity contribution in [1.29, 1.82) is 0 Å². The number of hydrogen-bond acceptors (Lipinski definition) is 4. The smallest absolute Gasteiger partial charge is 0.224 e. The van der Waals surface area contributed by atoms with Gasteiger partial charge in [0.2, 0.25) is 5.91 Å². The molecule has 1 heterocycles. The minimum Gasteiger partial charge on any atom is -0.379 e. The number of rotatable bonds is 7. The molecule has 1 unspecified atom stereocenters. The van der Waals surface area contributed by atoms with Gasteiger partial charge in [-0.3, -0.25) is 9.69 Å². The Labute approximate surface area is 110 Å². The van der Waals surface area contributed by atoms with E-state index in [9.17, 15) is 4.79 Å². The van der Waals surface area contributed by atoms with Crippen LogP contribution in [0.25, 0.3) is 0 Å². The molecule has 18 heavy (non-hydrogen) atoms. The minimum absolute atomic E-state index is 0.0617. The molecule has 1 amide bonds. The second-order valence-corrected chi connectivity index (χ2v) is 5.18. The molecule has 0 bridgehead atoms.